The Morgan fingerprint density at radius 1 is 1.38 bits per heavy atom. The number of hydrazone groups is 1. The first-order valence-electron chi connectivity index (χ1n) is 8.79. The molecule has 1 fully saturated rings. The van der Waals surface area contributed by atoms with E-state index >= 15 is 0 Å². The molecule has 136 valence electrons. The van der Waals surface area contributed by atoms with Gasteiger partial charge in [0.1, 0.15) is 17.8 Å². The third-order valence-corrected chi connectivity index (χ3v) is 5.55. The summed E-state index contributed by atoms with van der Waals surface area (Å²) >= 11 is 1.68. The van der Waals surface area contributed by atoms with Gasteiger partial charge in [0.2, 0.25) is 0 Å². The highest BCUT2D eigenvalue weighted by molar-refractivity contribution is 8.04. The van der Waals surface area contributed by atoms with Gasteiger partial charge in [-0.3, -0.25) is 5.41 Å². The molecule has 8 nitrogen and oxygen atoms in total. The van der Waals surface area contributed by atoms with E-state index in [1.807, 2.05) is 18.5 Å². The van der Waals surface area contributed by atoms with E-state index in [0.29, 0.717) is 11.8 Å². The van der Waals surface area contributed by atoms with E-state index < -0.39 is 0 Å². The number of allylic oxidation sites excluding steroid dienone is 1. The Kier molecular flexibility index (Phi) is 5.16. The Morgan fingerprint density at radius 3 is 3.15 bits per heavy atom. The SMILES string of the molecule is N=C(/C=N\NC1CCNCC1)C1=CN(c2ncnc3[nH]ccc23)CCS1. The van der Waals surface area contributed by atoms with E-state index in [-0.39, 0.29) is 0 Å². The molecular formula is C17H22N8S. The van der Waals surface area contributed by atoms with Crippen molar-refractivity contribution in [3.8, 4) is 0 Å². The van der Waals surface area contributed by atoms with Crippen molar-refractivity contribution < 1.29 is 0 Å². The second-order valence-corrected chi connectivity index (χ2v) is 7.43. The fraction of sp³-hybridized carbons (Fsp3) is 0.412. The van der Waals surface area contributed by atoms with Crippen molar-refractivity contribution in [2.24, 2.45) is 5.10 Å². The lowest BCUT2D eigenvalue weighted by atomic mass is 10.1. The van der Waals surface area contributed by atoms with Crippen LogP contribution in [0, 0.1) is 5.41 Å². The molecule has 26 heavy (non-hydrogen) atoms. The molecule has 2 aromatic rings. The van der Waals surface area contributed by atoms with E-state index in [1.165, 1.54) is 0 Å². The molecule has 2 aromatic heterocycles. The average Bonchev–Trinajstić information content (AvgIpc) is 3.18. The van der Waals surface area contributed by atoms with E-state index in [1.54, 1.807) is 24.3 Å². The van der Waals surface area contributed by atoms with Crippen LogP contribution < -0.4 is 15.6 Å². The maximum atomic E-state index is 8.33. The highest BCUT2D eigenvalue weighted by atomic mass is 32.2. The Morgan fingerprint density at radius 2 is 2.27 bits per heavy atom. The fourth-order valence-corrected chi connectivity index (χ4v) is 4.04. The zero-order valence-electron chi connectivity index (χ0n) is 14.4. The number of aromatic nitrogens is 3. The van der Waals surface area contributed by atoms with Gasteiger partial charge in [0.15, 0.2) is 0 Å². The zero-order valence-corrected chi connectivity index (χ0v) is 15.2. The normalized spacial score (nSPS) is 19.1. The van der Waals surface area contributed by atoms with Crippen molar-refractivity contribution in [1.82, 2.24) is 25.7 Å². The van der Waals surface area contributed by atoms with Crippen LogP contribution in [0.2, 0.25) is 0 Å². The fourth-order valence-electron chi connectivity index (χ4n) is 3.12. The zero-order chi connectivity index (χ0) is 17.8. The average molecular weight is 370 g/mol. The van der Waals surface area contributed by atoms with Crippen molar-refractivity contribution in [3.63, 3.8) is 0 Å². The molecule has 0 aromatic carbocycles. The third kappa shape index (κ3) is 3.73. The number of hydrogen-bond donors (Lipinski definition) is 4. The van der Waals surface area contributed by atoms with Crippen molar-refractivity contribution in [2.45, 2.75) is 18.9 Å². The monoisotopic (exact) mass is 370 g/mol. The maximum Gasteiger partial charge on any atom is 0.145 e. The summed E-state index contributed by atoms with van der Waals surface area (Å²) in [5, 5.41) is 16.9. The highest BCUT2D eigenvalue weighted by Gasteiger charge is 2.18. The highest BCUT2D eigenvalue weighted by Crippen LogP contribution is 2.29. The van der Waals surface area contributed by atoms with Gasteiger partial charge in [0, 0.05) is 30.7 Å². The minimum atomic E-state index is 0.396. The van der Waals surface area contributed by atoms with Gasteiger partial charge in [0.05, 0.1) is 22.2 Å². The Bertz CT molecular complexity index is 836. The summed E-state index contributed by atoms with van der Waals surface area (Å²) in [5.41, 5.74) is 4.41. The summed E-state index contributed by atoms with van der Waals surface area (Å²) in [6.45, 7) is 2.89. The third-order valence-electron chi connectivity index (χ3n) is 4.52. The Labute approximate surface area is 156 Å². The molecule has 0 saturated carbocycles. The van der Waals surface area contributed by atoms with Gasteiger partial charge in [-0.05, 0) is 32.0 Å². The molecular weight excluding hydrogens is 348 g/mol. The molecule has 0 amide bonds. The number of hydrogen-bond acceptors (Lipinski definition) is 8. The van der Waals surface area contributed by atoms with Gasteiger partial charge >= 0.3 is 0 Å². The predicted molar refractivity (Wildman–Crippen MR) is 107 cm³/mol. The summed E-state index contributed by atoms with van der Waals surface area (Å²) in [7, 11) is 0. The van der Waals surface area contributed by atoms with E-state index in [2.05, 4.69) is 35.7 Å². The van der Waals surface area contributed by atoms with Crippen molar-refractivity contribution in [1.29, 1.82) is 5.41 Å². The number of piperidine rings is 1. The Balaban J connectivity index is 1.46. The molecule has 4 heterocycles. The molecule has 0 bridgehead atoms. The van der Waals surface area contributed by atoms with E-state index in [0.717, 1.165) is 60.0 Å². The summed E-state index contributed by atoms with van der Waals surface area (Å²) in [4.78, 5) is 14.8. The van der Waals surface area contributed by atoms with Crippen LogP contribution in [0.4, 0.5) is 5.82 Å². The molecule has 0 aliphatic carbocycles. The topological polar surface area (TPSA) is 105 Å². The predicted octanol–water partition coefficient (Wildman–Crippen LogP) is 1.70. The van der Waals surface area contributed by atoms with Crippen LogP contribution in [0.5, 0.6) is 0 Å². The second kappa shape index (κ2) is 7.88. The molecule has 4 rings (SSSR count). The molecule has 9 heteroatoms. The number of rotatable bonds is 5. The maximum absolute atomic E-state index is 8.33. The van der Waals surface area contributed by atoms with Crippen LogP contribution in [-0.4, -0.2) is 58.3 Å². The number of fused-ring (bicyclic) bond motifs is 1. The summed E-state index contributed by atoms with van der Waals surface area (Å²) in [5.74, 6) is 1.77. The summed E-state index contributed by atoms with van der Waals surface area (Å²) in [6, 6.07) is 2.38. The molecule has 0 spiro atoms. The number of anilines is 1. The van der Waals surface area contributed by atoms with Crippen molar-refractivity contribution >= 4 is 40.5 Å². The van der Waals surface area contributed by atoms with E-state index in [4.69, 9.17) is 5.41 Å². The second-order valence-electron chi connectivity index (χ2n) is 6.30. The van der Waals surface area contributed by atoms with Crippen LogP contribution in [0.1, 0.15) is 12.8 Å². The van der Waals surface area contributed by atoms with E-state index in [9.17, 15) is 0 Å². The van der Waals surface area contributed by atoms with Gasteiger partial charge in [-0.15, -0.1) is 11.8 Å². The number of nitrogens with zero attached hydrogens (tertiary/aromatic N) is 4. The molecule has 2 aliphatic heterocycles. The van der Waals surface area contributed by atoms with Crippen molar-refractivity contribution in [2.75, 3.05) is 30.3 Å². The quantitative estimate of drug-likeness (QED) is 0.472. The first kappa shape index (κ1) is 17.0. The number of nitrogens with one attached hydrogen (secondary N) is 4. The van der Waals surface area contributed by atoms with Gasteiger partial charge in [-0.25, -0.2) is 9.97 Å². The minimum Gasteiger partial charge on any atom is -0.346 e. The Hall–Kier alpha value is -2.39. The lowest BCUT2D eigenvalue weighted by molar-refractivity contribution is 0.396. The van der Waals surface area contributed by atoms with Gasteiger partial charge < -0.3 is 20.6 Å². The molecule has 0 atom stereocenters. The number of thioether (sulfide) groups is 1. The smallest absolute Gasteiger partial charge is 0.145 e. The first-order valence-corrected chi connectivity index (χ1v) is 9.77. The molecule has 4 N–H and O–H groups in total. The largest absolute Gasteiger partial charge is 0.346 e. The first-order chi connectivity index (χ1) is 12.8. The van der Waals surface area contributed by atoms with Crippen LogP contribution in [0.3, 0.4) is 0 Å². The van der Waals surface area contributed by atoms with Crippen molar-refractivity contribution in [3.05, 3.63) is 29.7 Å². The number of H-pyrrole nitrogens is 1. The molecule has 2 aliphatic rings. The lowest BCUT2D eigenvalue weighted by Crippen LogP contribution is -2.37. The van der Waals surface area contributed by atoms with Gasteiger partial charge in [0.25, 0.3) is 0 Å². The van der Waals surface area contributed by atoms with Crippen LogP contribution in [0.15, 0.2) is 34.8 Å². The van der Waals surface area contributed by atoms with Crippen LogP contribution in [0.25, 0.3) is 11.0 Å². The molecule has 1 saturated heterocycles. The van der Waals surface area contributed by atoms with Gasteiger partial charge in [-0.1, -0.05) is 0 Å². The molecule has 0 radical (unpaired) electrons. The van der Waals surface area contributed by atoms with Crippen LogP contribution >= 0.6 is 11.8 Å². The van der Waals surface area contributed by atoms with Gasteiger partial charge in [-0.2, -0.15) is 5.10 Å². The number of aromatic amines is 1. The minimum absolute atomic E-state index is 0.396. The summed E-state index contributed by atoms with van der Waals surface area (Å²) in [6.07, 6.45) is 9.16. The summed E-state index contributed by atoms with van der Waals surface area (Å²) < 4.78 is 0. The standard InChI is InChI=1S/C17H22N8S/c18-14(9-23-24-12-1-4-19-5-2-12)15-10-25(7-8-26-15)17-13-3-6-20-16(13)21-11-22-17/h3,6,9-12,18-19,24H,1-2,4-5,7-8H2,(H,20,21,22)/b18-14?,23-9-. The lowest BCUT2D eigenvalue weighted by Gasteiger charge is -2.25. The molecule has 0 unspecified atom stereocenters. The van der Waals surface area contributed by atoms with Crippen LogP contribution in [-0.2, 0) is 0 Å².